The van der Waals surface area contributed by atoms with Gasteiger partial charge in [-0.3, -0.25) is 4.79 Å². The lowest BCUT2D eigenvalue weighted by molar-refractivity contribution is -0.216. The fourth-order valence-electron chi connectivity index (χ4n) is 2.88. The summed E-state index contributed by atoms with van der Waals surface area (Å²) in [5.41, 5.74) is -0.439. The molecule has 0 bridgehead atoms. The van der Waals surface area contributed by atoms with E-state index in [2.05, 4.69) is 22.4 Å². The SMILES string of the molecule is O=C(NCc1cccc(N2CC=CC2)c1)C(F)(F)C1(O)CCC1. The lowest BCUT2D eigenvalue weighted by Gasteiger charge is -2.41. The zero-order chi connectivity index (χ0) is 16.5. The molecule has 1 saturated carbocycles. The highest BCUT2D eigenvalue weighted by molar-refractivity contribution is 5.85. The second-order valence-electron chi connectivity index (χ2n) is 6.19. The van der Waals surface area contributed by atoms with E-state index in [1.54, 1.807) is 6.07 Å². The van der Waals surface area contributed by atoms with E-state index in [4.69, 9.17) is 0 Å². The maximum atomic E-state index is 14.0. The van der Waals surface area contributed by atoms with E-state index in [1.807, 2.05) is 18.2 Å². The number of carbonyl (C=O) groups is 1. The van der Waals surface area contributed by atoms with Crippen molar-refractivity contribution in [3.8, 4) is 0 Å². The van der Waals surface area contributed by atoms with Gasteiger partial charge < -0.3 is 15.3 Å². The molecular weight excluding hydrogens is 302 g/mol. The number of nitrogens with zero attached hydrogens (tertiary/aromatic N) is 1. The molecule has 1 amide bonds. The van der Waals surface area contributed by atoms with Gasteiger partial charge in [0, 0.05) is 25.3 Å². The molecule has 2 aliphatic rings. The van der Waals surface area contributed by atoms with Gasteiger partial charge in [-0.25, -0.2) is 0 Å². The minimum absolute atomic E-state index is 0.0135. The molecule has 124 valence electrons. The van der Waals surface area contributed by atoms with Crippen LogP contribution in [0.3, 0.4) is 0 Å². The van der Waals surface area contributed by atoms with Crippen molar-refractivity contribution in [3.05, 3.63) is 42.0 Å². The first-order chi connectivity index (χ1) is 10.9. The average molecular weight is 322 g/mol. The summed E-state index contributed by atoms with van der Waals surface area (Å²) in [6.07, 6.45) is 4.57. The Hall–Kier alpha value is -1.95. The fourth-order valence-corrected chi connectivity index (χ4v) is 2.88. The Morgan fingerprint density at radius 2 is 2.00 bits per heavy atom. The second-order valence-corrected chi connectivity index (χ2v) is 6.19. The van der Waals surface area contributed by atoms with Crippen LogP contribution in [0.2, 0.25) is 0 Å². The largest absolute Gasteiger partial charge is 0.383 e. The van der Waals surface area contributed by atoms with Crippen LogP contribution in [0.15, 0.2) is 36.4 Å². The minimum Gasteiger partial charge on any atom is -0.383 e. The molecule has 0 atom stereocenters. The third-order valence-electron chi connectivity index (χ3n) is 4.60. The molecule has 1 fully saturated rings. The highest BCUT2D eigenvalue weighted by Crippen LogP contribution is 2.44. The Bertz CT molecular complexity index is 619. The van der Waals surface area contributed by atoms with Crippen LogP contribution < -0.4 is 10.2 Å². The van der Waals surface area contributed by atoms with Crippen molar-refractivity contribution in [2.45, 2.75) is 37.3 Å². The molecule has 0 spiro atoms. The van der Waals surface area contributed by atoms with E-state index >= 15 is 0 Å². The van der Waals surface area contributed by atoms with Crippen LogP contribution in [-0.4, -0.2) is 35.6 Å². The molecule has 1 aliphatic carbocycles. The van der Waals surface area contributed by atoms with Crippen molar-refractivity contribution in [1.82, 2.24) is 5.32 Å². The Balaban J connectivity index is 1.61. The van der Waals surface area contributed by atoms with Crippen molar-refractivity contribution in [2.24, 2.45) is 0 Å². The van der Waals surface area contributed by atoms with E-state index in [9.17, 15) is 18.7 Å². The number of halogens is 2. The van der Waals surface area contributed by atoms with Crippen molar-refractivity contribution < 1.29 is 18.7 Å². The van der Waals surface area contributed by atoms with E-state index in [0.717, 1.165) is 24.3 Å². The van der Waals surface area contributed by atoms with Gasteiger partial charge in [0.25, 0.3) is 5.91 Å². The molecule has 1 heterocycles. The van der Waals surface area contributed by atoms with Crippen LogP contribution in [0.1, 0.15) is 24.8 Å². The normalized spacial score (nSPS) is 19.5. The summed E-state index contributed by atoms with van der Waals surface area (Å²) in [6.45, 7) is 1.65. The van der Waals surface area contributed by atoms with Crippen LogP contribution >= 0.6 is 0 Å². The van der Waals surface area contributed by atoms with Gasteiger partial charge in [-0.15, -0.1) is 0 Å². The third-order valence-corrected chi connectivity index (χ3v) is 4.60. The summed E-state index contributed by atoms with van der Waals surface area (Å²) < 4.78 is 28.0. The molecule has 0 radical (unpaired) electrons. The molecule has 6 heteroatoms. The number of benzene rings is 1. The molecule has 23 heavy (non-hydrogen) atoms. The molecule has 0 unspecified atom stereocenters. The number of alkyl halides is 2. The monoisotopic (exact) mass is 322 g/mol. The van der Waals surface area contributed by atoms with Gasteiger partial charge in [0.1, 0.15) is 5.60 Å². The van der Waals surface area contributed by atoms with E-state index in [-0.39, 0.29) is 19.4 Å². The van der Waals surface area contributed by atoms with Crippen molar-refractivity contribution in [1.29, 1.82) is 0 Å². The van der Waals surface area contributed by atoms with Gasteiger partial charge in [-0.05, 0) is 37.0 Å². The molecular formula is C17H20F2N2O2. The molecule has 1 aromatic rings. The summed E-state index contributed by atoms with van der Waals surface area (Å²) in [5, 5.41) is 12.0. The van der Waals surface area contributed by atoms with Crippen LogP contribution in [0, 0.1) is 0 Å². The number of anilines is 1. The maximum Gasteiger partial charge on any atom is 0.352 e. The zero-order valence-electron chi connectivity index (χ0n) is 12.8. The standard InChI is InChI=1S/C17H20F2N2O2/c18-17(19,16(23)7-4-8-16)15(22)20-12-13-5-3-6-14(11-13)21-9-1-2-10-21/h1-3,5-6,11,23H,4,7-10,12H2,(H,20,22). The molecule has 4 nitrogen and oxygen atoms in total. The summed E-state index contributed by atoms with van der Waals surface area (Å²) in [6, 6.07) is 7.45. The topological polar surface area (TPSA) is 52.6 Å². The molecule has 1 aliphatic heterocycles. The lowest BCUT2D eigenvalue weighted by Crippen LogP contribution is -2.60. The van der Waals surface area contributed by atoms with E-state index in [1.165, 1.54) is 0 Å². The van der Waals surface area contributed by atoms with Gasteiger partial charge in [-0.2, -0.15) is 8.78 Å². The summed E-state index contributed by atoms with van der Waals surface area (Å²) in [7, 11) is 0. The predicted molar refractivity (Wildman–Crippen MR) is 83.4 cm³/mol. The Morgan fingerprint density at radius 1 is 1.30 bits per heavy atom. The van der Waals surface area contributed by atoms with Gasteiger partial charge in [0.05, 0.1) is 0 Å². The van der Waals surface area contributed by atoms with E-state index < -0.39 is 17.4 Å². The number of aliphatic hydroxyl groups is 1. The highest BCUT2D eigenvalue weighted by atomic mass is 19.3. The van der Waals surface area contributed by atoms with Crippen molar-refractivity contribution >= 4 is 11.6 Å². The first-order valence-corrected chi connectivity index (χ1v) is 7.80. The molecule has 1 aromatic carbocycles. The first-order valence-electron chi connectivity index (χ1n) is 7.80. The summed E-state index contributed by atoms with van der Waals surface area (Å²) in [4.78, 5) is 13.9. The zero-order valence-corrected chi connectivity index (χ0v) is 12.8. The van der Waals surface area contributed by atoms with Crippen molar-refractivity contribution in [2.75, 3.05) is 18.0 Å². The number of carbonyl (C=O) groups excluding carboxylic acids is 1. The summed E-state index contributed by atoms with van der Waals surface area (Å²) in [5.74, 6) is -5.16. The van der Waals surface area contributed by atoms with Gasteiger partial charge in [0.2, 0.25) is 0 Å². The average Bonchev–Trinajstić information content (AvgIpc) is 3.04. The number of amides is 1. The van der Waals surface area contributed by atoms with Crippen molar-refractivity contribution in [3.63, 3.8) is 0 Å². The second kappa shape index (κ2) is 5.92. The molecule has 2 N–H and O–H groups in total. The van der Waals surface area contributed by atoms with Gasteiger partial charge >= 0.3 is 5.92 Å². The van der Waals surface area contributed by atoms with Crippen LogP contribution in [0.25, 0.3) is 0 Å². The maximum absolute atomic E-state index is 14.0. The predicted octanol–water partition coefficient (Wildman–Crippen LogP) is 2.23. The Kier molecular flexibility index (Phi) is 4.10. The number of hydrogen-bond donors (Lipinski definition) is 2. The van der Waals surface area contributed by atoms with E-state index in [0.29, 0.717) is 6.42 Å². The van der Waals surface area contributed by atoms with Gasteiger partial charge in [0.15, 0.2) is 0 Å². The Labute approximate surface area is 133 Å². The quantitative estimate of drug-likeness (QED) is 0.818. The smallest absolute Gasteiger partial charge is 0.352 e. The number of hydrogen-bond acceptors (Lipinski definition) is 3. The van der Waals surface area contributed by atoms with Crippen LogP contribution in [0.5, 0.6) is 0 Å². The third kappa shape index (κ3) is 2.95. The lowest BCUT2D eigenvalue weighted by atomic mass is 9.75. The molecule has 0 aromatic heterocycles. The fraction of sp³-hybridized carbons (Fsp3) is 0.471. The minimum atomic E-state index is -3.75. The first kappa shape index (κ1) is 15.9. The highest BCUT2D eigenvalue weighted by Gasteiger charge is 2.61. The number of rotatable bonds is 5. The van der Waals surface area contributed by atoms with Crippen LogP contribution in [-0.2, 0) is 11.3 Å². The van der Waals surface area contributed by atoms with Crippen LogP contribution in [0.4, 0.5) is 14.5 Å². The Morgan fingerprint density at radius 3 is 2.61 bits per heavy atom. The number of nitrogens with one attached hydrogen (secondary N) is 1. The molecule has 3 rings (SSSR count). The summed E-state index contributed by atoms with van der Waals surface area (Å²) >= 11 is 0. The van der Waals surface area contributed by atoms with Gasteiger partial charge in [-0.1, -0.05) is 24.3 Å². The molecule has 0 saturated heterocycles.